The Labute approximate surface area is 121 Å². The van der Waals surface area contributed by atoms with E-state index < -0.39 is 17.9 Å². The predicted octanol–water partition coefficient (Wildman–Crippen LogP) is 1.11. The lowest BCUT2D eigenvalue weighted by molar-refractivity contribution is -0.140. The number of hydrogen-bond donors (Lipinski definition) is 4. The Bertz CT molecular complexity index is 632. The van der Waals surface area contributed by atoms with E-state index in [1.165, 1.54) is 25.3 Å². The number of rotatable bonds is 5. The summed E-state index contributed by atoms with van der Waals surface area (Å²) in [7, 11) is 0. The first-order chi connectivity index (χ1) is 9.85. The first kappa shape index (κ1) is 16.0. The number of phenols is 1. The molecular formula is C14H15N3O4. The summed E-state index contributed by atoms with van der Waals surface area (Å²) in [6.07, 6.45) is 1.18. The molecule has 1 aromatic carbocycles. The standard InChI is InChI=1S/C14H15N3O4/c1-8-5-11(18)3-4-12(8)16-7-10(6-15)13(19)17-9(2)14(20)21/h3-5,7,9,16,18H,1-2H3,(H,17,19)(H,20,21)/b10-7-. The quantitative estimate of drug-likeness (QED) is 0.366. The van der Waals surface area contributed by atoms with Crippen LogP contribution in [0.5, 0.6) is 5.75 Å². The predicted molar refractivity (Wildman–Crippen MR) is 75.4 cm³/mol. The van der Waals surface area contributed by atoms with Crippen molar-refractivity contribution < 1.29 is 19.8 Å². The van der Waals surface area contributed by atoms with Crippen LogP contribution >= 0.6 is 0 Å². The third-order valence-corrected chi connectivity index (χ3v) is 2.67. The summed E-state index contributed by atoms with van der Waals surface area (Å²) in [5.41, 5.74) is 1.08. The van der Waals surface area contributed by atoms with Crippen molar-refractivity contribution in [2.45, 2.75) is 19.9 Å². The number of aliphatic carboxylic acids is 1. The van der Waals surface area contributed by atoms with E-state index in [1.54, 1.807) is 19.1 Å². The average Bonchev–Trinajstić information content (AvgIpc) is 2.41. The van der Waals surface area contributed by atoms with Crippen LogP contribution in [0.2, 0.25) is 0 Å². The summed E-state index contributed by atoms with van der Waals surface area (Å²) in [5, 5.41) is 31.9. The normalized spacial score (nSPS) is 12.1. The lowest BCUT2D eigenvalue weighted by atomic mass is 10.2. The molecule has 7 heteroatoms. The minimum Gasteiger partial charge on any atom is -0.508 e. The second-order valence-corrected chi connectivity index (χ2v) is 4.35. The number of nitrogens with zero attached hydrogens (tertiary/aromatic N) is 1. The summed E-state index contributed by atoms with van der Waals surface area (Å²) >= 11 is 0. The number of aromatic hydroxyl groups is 1. The fraction of sp³-hybridized carbons (Fsp3) is 0.214. The zero-order valence-corrected chi connectivity index (χ0v) is 11.5. The molecule has 0 saturated carbocycles. The van der Waals surface area contributed by atoms with Crippen molar-refractivity contribution in [1.82, 2.24) is 5.32 Å². The van der Waals surface area contributed by atoms with E-state index in [1.807, 2.05) is 0 Å². The van der Waals surface area contributed by atoms with Gasteiger partial charge >= 0.3 is 5.97 Å². The van der Waals surface area contributed by atoms with Gasteiger partial charge in [0, 0.05) is 11.9 Å². The van der Waals surface area contributed by atoms with Crippen molar-refractivity contribution in [2.75, 3.05) is 5.32 Å². The van der Waals surface area contributed by atoms with Gasteiger partial charge in [0.15, 0.2) is 0 Å². The van der Waals surface area contributed by atoms with Crippen LogP contribution in [-0.2, 0) is 9.59 Å². The van der Waals surface area contributed by atoms with Gasteiger partial charge in [-0.2, -0.15) is 5.26 Å². The van der Waals surface area contributed by atoms with Gasteiger partial charge in [-0.05, 0) is 37.6 Å². The van der Waals surface area contributed by atoms with Gasteiger partial charge < -0.3 is 20.8 Å². The van der Waals surface area contributed by atoms with E-state index in [0.29, 0.717) is 5.69 Å². The largest absolute Gasteiger partial charge is 0.508 e. The number of nitrogens with one attached hydrogen (secondary N) is 2. The minimum atomic E-state index is -1.19. The molecule has 0 aliphatic heterocycles. The Kier molecular flexibility index (Phi) is 5.31. The maximum atomic E-state index is 11.7. The fourth-order valence-corrected chi connectivity index (χ4v) is 1.44. The second-order valence-electron chi connectivity index (χ2n) is 4.35. The van der Waals surface area contributed by atoms with Crippen LogP contribution in [0, 0.1) is 18.3 Å². The highest BCUT2D eigenvalue weighted by atomic mass is 16.4. The Morgan fingerprint density at radius 1 is 1.43 bits per heavy atom. The second kappa shape index (κ2) is 6.96. The molecule has 0 aliphatic carbocycles. The van der Waals surface area contributed by atoms with Gasteiger partial charge in [-0.1, -0.05) is 0 Å². The third-order valence-electron chi connectivity index (χ3n) is 2.67. The molecule has 1 aromatic rings. The molecule has 7 nitrogen and oxygen atoms in total. The van der Waals surface area contributed by atoms with E-state index in [4.69, 9.17) is 10.4 Å². The number of carbonyl (C=O) groups is 2. The number of carbonyl (C=O) groups excluding carboxylic acids is 1. The lowest BCUT2D eigenvalue weighted by Gasteiger charge is -2.09. The molecule has 110 valence electrons. The van der Waals surface area contributed by atoms with Crippen LogP contribution in [0.1, 0.15) is 12.5 Å². The lowest BCUT2D eigenvalue weighted by Crippen LogP contribution is -2.39. The van der Waals surface area contributed by atoms with Crippen LogP contribution < -0.4 is 10.6 Å². The number of benzene rings is 1. The number of aryl methyl sites for hydroxylation is 1. The van der Waals surface area contributed by atoms with E-state index >= 15 is 0 Å². The number of carboxylic acids is 1. The number of anilines is 1. The van der Waals surface area contributed by atoms with Gasteiger partial charge in [-0.25, -0.2) is 0 Å². The van der Waals surface area contributed by atoms with E-state index in [0.717, 1.165) is 5.56 Å². The molecule has 1 amide bonds. The molecule has 4 N–H and O–H groups in total. The Hall–Kier alpha value is -3.01. The highest BCUT2D eigenvalue weighted by Gasteiger charge is 2.17. The summed E-state index contributed by atoms with van der Waals surface area (Å²) in [4.78, 5) is 22.3. The minimum absolute atomic E-state index is 0.107. The van der Waals surface area contributed by atoms with Crippen molar-refractivity contribution in [3.63, 3.8) is 0 Å². The van der Waals surface area contributed by atoms with Crippen LogP contribution in [0.15, 0.2) is 30.0 Å². The van der Waals surface area contributed by atoms with Crippen LogP contribution in [0.3, 0.4) is 0 Å². The van der Waals surface area contributed by atoms with Crippen molar-refractivity contribution in [3.05, 3.63) is 35.5 Å². The van der Waals surface area contributed by atoms with Gasteiger partial charge in [0.2, 0.25) is 0 Å². The molecule has 0 spiro atoms. The van der Waals surface area contributed by atoms with Crippen LogP contribution in [0.25, 0.3) is 0 Å². The van der Waals surface area contributed by atoms with Gasteiger partial charge in [-0.3, -0.25) is 9.59 Å². The molecule has 1 rings (SSSR count). The number of phenolic OH excluding ortho intramolecular Hbond substituents is 1. The zero-order valence-electron chi connectivity index (χ0n) is 11.5. The smallest absolute Gasteiger partial charge is 0.325 e. The molecule has 0 aliphatic rings. The van der Waals surface area contributed by atoms with Gasteiger partial charge in [0.25, 0.3) is 5.91 Å². The molecule has 0 bridgehead atoms. The van der Waals surface area contributed by atoms with Crippen molar-refractivity contribution in [1.29, 1.82) is 5.26 Å². The summed E-state index contributed by atoms with van der Waals surface area (Å²) in [6.45, 7) is 3.04. The monoisotopic (exact) mass is 289 g/mol. The first-order valence-electron chi connectivity index (χ1n) is 6.05. The van der Waals surface area contributed by atoms with Crippen LogP contribution in [-0.4, -0.2) is 28.1 Å². The van der Waals surface area contributed by atoms with Crippen molar-refractivity contribution >= 4 is 17.6 Å². The summed E-state index contributed by atoms with van der Waals surface area (Å²) in [6, 6.07) is 5.17. The maximum Gasteiger partial charge on any atom is 0.325 e. The summed E-state index contributed by atoms with van der Waals surface area (Å²) in [5.74, 6) is -1.87. The van der Waals surface area contributed by atoms with Gasteiger partial charge in [0.05, 0.1) is 0 Å². The summed E-state index contributed by atoms with van der Waals surface area (Å²) < 4.78 is 0. The fourth-order valence-electron chi connectivity index (χ4n) is 1.44. The molecule has 0 fully saturated rings. The number of carboxylic acid groups (broad SMARTS) is 1. The molecule has 21 heavy (non-hydrogen) atoms. The molecule has 0 radical (unpaired) electrons. The van der Waals surface area contributed by atoms with Crippen LogP contribution in [0.4, 0.5) is 5.69 Å². The van der Waals surface area contributed by atoms with Crippen molar-refractivity contribution in [2.24, 2.45) is 0 Å². The van der Waals surface area contributed by atoms with Gasteiger partial charge in [0.1, 0.15) is 23.4 Å². The molecule has 0 aromatic heterocycles. The topological polar surface area (TPSA) is 122 Å². The Morgan fingerprint density at radius 2 is 2.10 bits per heavy atom. The Balaban J connectivity index is 2.83. The van der Waals surface area contributed by atoms with E-state index in [2.05, 4.69) is 10.6 Å². The SMILES string of the molecule is Cc1cc(O)ccc1N/C=C(/C#N)C(=O)NC(C)C(=O)O. The van der Waals surface area contributed by atoms with E-state index in [-0.39, 0.29) is 11.3 Å². The highest BCUT2D eigenvalue weighted by molar-refractivity contribution is 5.99. The molecule has 1 atom stereocenters. The molecule has 1 unspecified atom stereocenters. The highest BCUT2D eigenvalue weighted by Crippen LogP contribution is 2.20. The maximum absolute atomic E-state index is 11.7. The van der Waals surface area contributed by atoms with E-state index in [9.17, 15) is 14.7 Å². The molecular weight excluding hydrogens is 274 g/mol. The third kappa shape index (κ3) is 4.54. The Morgan fingerprint density at radius 3 is 2.62 bits per heavy atom. The van der Waals surface area contributed by atoms with Gasteiger partial charge in [-0.15, -0.1) is 0 Å². The number of nitriles is 1. The number of amides is 1. The molecule has 0 heterocycles. The molecule has 0 saturated heterocycles. The zero-order chi connectivity index (χ0) is 16.0. The number of hydrogen-bond acceptors (Lipinski definition) is 5. The average molecular weight is 289 g/mol. The first-order valence-corrected chi connectivity index (χ1v) is 6.05. The van der Waals surface area contributed by atoms with Crippen molar-refractivity contribution in [3.8, 4) is 11.8 Å².